The molecule has 0 aromatic heterocycles. The lowest BCUT2D eigenvalue weighted by molar-refractivity contribution is 0.233. The Morgan fingerprint density at radius 3 is 2.50 bits per heavy atom. The molecule has 2 nitrogen and oxygen atoms in total. The molecule has 0 saturated carbocycles. The number of halogens is 3. The van der Waals surface area contributed by atoms with Crippen molar-refractivity contribution < 1.29 is 4.39 Å². The standard InChI is InChI=1S/C11H15FN2.2ClH/c12-11-3-1-2-10(8-11)9-14-6-4-13-5-7-14;;/h1-3,8,13H,4-7,9H2;2*1H. The SMILES string of the molecule is Cl.Cl.Fc1cccc(CN2CCNCC2)c1. The van der Waals surface area contributed by atoms with Gasteiger partial charge in [-0.1, -0.05) is 12.1 Å². The van der Waals surface area contributed by atoms with Gasteiger partial charge in [0, 0.05) is 32.7 Å². The third-order valence-corrected chi connectivity index (χ3v) is 2.50. The van der Waals surface area contributed by atoms with Gasteiger partial charge in [-0.25, -0.2) is 4.39 Å². The summed E-state index contributed by atoms with van der Waals surface area (Å²) < 4.78 is 12.9. The van der Waals surface area contributed by atoms with E-state index in [-0.39, 0.29) is 30.6 Å². The minimum Gasteiger partial charge on any atom is -0.314 e. The number of hydrogen-bond acceptors (Lipinski definition) is 2. The van der Waals surface area contributed by atoms with Crippen LogP contribution in [-0.4, -0.2) is 31.1 Å². The molecule has 0 spiro atoms. The average molecular weight is 267 g/mol. The van der Waals surface area contributed by atoms with Gasteiger partial charge in [-0.15, -0.1) is 24.8 Å². The molecule has 1 aliphatic rings. The summed E-state index contributed by atoms with van der Waals surface area (Å²) >= 11 is 0. The van der Waals surface area contributed by atoms with Gasteiger partial charge in [0.1, 0.15) is 5.82 Å². The maximum atomic E-state index is 12.9. The molecular weight excluding hydrogens is 250 g/mol. The fourth-order valence-electron chi connectivity index (χ4n) is 1.76. The first-order valence-corrected chi connectivity index (χ1v) is 5.02. The molecule has 0 atom stereocenters. The van der Waals surface area contributed by atoms with Gasteiger partial charge in [0.05, 0.1) is 0 Å². The Bertz CT molecular complexity index is 304. The zero-order valence-electron chi connectivity index (χ0n) is 8.99. The van der Waals surface area contributed by atoms with Gasteiger partial charge in [-0.05, 0) is 17.7 Å². The van der Waals surface area contributed by atoms with E-state index < -0.39 is 0 Å². The van der Waals surface area contributed by atoms with E-state index in [1.807, 2.05) is 6.07 Å². The summed E-state index contributed by atoms with van der Waals surface area (Å²) in [4.78, 5) is 2.34. The molecule has 1 heterocycles. The Balaban J connectivity index is 0.00000112. The highest BCUT2D eigenvalue weighted by Gasteiger charge is 2.09. The topological polar surface area (TPSA) is 15.3 Å². The van der Waals surface area contributed by atoms with Gasteiger partial charge >= 0.3 is 0 Å². The highest BCUT2D eigenvalue weighted by molar-refractivity contribution is 5.85. The van der Waals surface area contributed by atoms with E-state index in [1.165, 1.54) is 6.07 Å². The van der Waals surface area contributed by atoms with Crippen molar-refractivity contribution in [2.75, 3.05) is 26.2 Å². The van der Waals surface area contributed by atoms with Crippen molar-refractivity contribution in [3.63, 3.8) is 0 Å². The summed E-state index contributed by atoms with van der Waals surface area (Å²) in [6.07, 6.45) is 0. The number of hydrogen-bond donors (Lipinski definition) is 1. The fraction of sp³-hybridized carbons (Fsp3) is 0.455. The van der Waals surface area contributed by atoms with Gasteiger partial charge in [0.25, 0.3) is 0 Å². The van der Waals surface area contributed by atoms with Gasteiger partial charge in [-0.2, -0.15) is 0 Å². The molecular formula is C11H17Cl2FN2. The highest BCUT2D eigenvalue weighted by Crippen LogP contribution is 2.07. The molecule has 1 aromatic carbocycles. The van der Waals surface area contributed by atoms with E-state index in [1.54, 1.807) is 12.1 Å². The largest absolute Gasteiger partial charge is 0.314 e. The summed E-state index contributed by atoms with van der Waals surface area (Å²) in [5, 5.41) is 3.30. The molecule has 5 heteroatoms. The van der Waals surface area contributed by atoms with E-state index in [0.717, 1.165) is 38.3 Å². The summed E-state index contributed by atoms with van der Waals surface area (Å²) in [6, 6.07) is 6.85. The summed E-state index contributed by atoms with van der Waals surface area (Å²) in [6.45, 7) is 5.04. The Hall–Kier alpha value is -0.350. The fourth-order valence-corrected chi connectivity index (χ4v) is 1.76. The Morgan fingerprint density at radius 2 is 1.88 bits per heavy atom. The molecule has 1 N–H and O–H groups in total. The maximum absolute atomic E-state index is 12.9. The number of benzene rings is 1. The van der Waals surface area contributed by atoms with E-state index >= 15 is 0 Å². The maximum Gasteiger partial charge on any atom is 0.123 e. The first-order valence-electron chi connectivity index (χ1n) is 5.02. The van der Waals surface area contributed by atoms with Crippen LogP contribution >= 0.6 is 24.8 Å². The summed E-state index contributed by atoms with van der Waals surface area (Å²) in [5.74, 6) is -0.141. The monoisotopic (exact) mass is 266 g/mol. The van der Waals surface area contributed by atoms with Crippen LogP contribution < -0.4 is 5.32 Å². The van der Waals surface area contributed by atoms with Crippen molar-refractivity contribution >= 4 is 24.8 Å². The molecule has 92 valence electrons. The molecule has 1 aromatic rings. The lowest BCUT2D eigenvalue weighted by Gasteiger charge is -2.27. The first kappa shape index (κ1) is 15.7. The zero-order chi connectivity index (χ0) is 9.80. The molecule has 1 saturated heterocycles. The molecule has 0 bridgehead atoms. The highest BCUT2D eigenvalue weighted by atomic mass is 35.5. The molecule has 0 amide bonds. The second-order valence-corrected chi connectivity index (χ2v) is 3.66. The third-order valence-electron chi connectivity index (χ3n) is 2.50. The predicted molar refractivity (Wildman–Crippen MR) is 69.0 cm³/mol. The van der Waals surface area contributed by atoms with E-state index in [4.69, 9.17) is 0 Å². The van der Waals surface area contributed by atoms with Gasteiger partial charge in [-0.3, -0.25) is 4.90 Å². The first-order chi connectivity index (χ1) is 6.84. The average Bonchev–Trinajstić information content (AvgIpc) is 2.19. The van der Waals surface area contributed by atoms with Crippen LogP contribution in [0.2, 0.25) is 0 Å². The van der Waals surface area contributed by atoms with Crippen LogP contribution in [0.15, 0.2) is 24.3 Å². The van der Waals surface area contributed by atoms with Crippen LogP contribution in [0.3, 0.4) is 0 Å². The van der Waals surface area contributed by atoms with Crippen LogP contribution in [0.25, 0.3) is 0 Å². The van der Waals surface area contributed by atoms with E-state index in [2.05, 4.69) is 10.2 Å². The Labute approximate surface area is 108 Å². The smallest absolute Gasteiger partial charge is 0.123 e. The van der Waals surface area contributed by atoms with Crippen molar-refractivity contribution in [2.45, 2.75) is 6.54 Å². The summed E-state index contributed by atoms with van der Waals surface area (Å²) in [5.41, 5.74) is 1.06. The van der Waals surface area contributed by atoms with E-state index in [9.17, 15) is 4.39 Å². The van der Waals surface area contributed by atoms with Gasteiger partial charge < -0.3 is 5.32 Å². The minimum atomic E-state index is -0.141. The molecule has 2 rings (SSSR count). The van der Waals surface area contributed by atoms with Crippen molar-refractivity contribution in [1.29, 1.82) is 0 Å². The summed E-state index contributed by atoms with van der Waals surface area (Å²) in [7, 11) is 0. The molecule has 0 unspecified atom stereocenters. The van der Waals surface area contributed by atoms with Crippen molar-refractivity contribution in [1.82, 2.24) is 10.2 Å². The molecule has 0 radical (unpaired) electrons. The quantitative estimate of drug-likeness (QED) is 0.882. The van der Waals surface area contributed by atoms with Gasteiger partial charge in [0.2, 0.25) is 0 Å². The van der Waals surface area contributed by atoms with Crippen LogP contribution in [0.4, 0.5) is 4.39 Å². The minimum absolute atomic E-state index is 0. The van der Waals surface area contributed by atoms with Crippen LogP contribution in [0, 0.1) is 5.82 Å². The predicted octanol–water partition coefficient (Wildman–Crippen LogP) is 2.07. The van der Waals surface area contributed by atoms with Gasteiger partial charge in [0.15, 0.2) is 0 Å². The normalized spacial score (nSPS) is 16.1. The van der Waals surface area contributed by atoms with Crippen LogP contribution in [0.1, 0.15) is 5.56 Å². The van der Waals surface area contributed by atoms with Crippen LogP contribution in [0.5, 0.6) is 0 Å². The zero-order valence-corrected chi connectivity index (χ0v) is 10.6. The second-order valence-electron chi connectivity index (χ2n) is 3.66. The molecule has 1 aliphatic heterocycles. The molecule has 0 aliphatic carbocycles. The number of nitrogens with one attached hydrogen (secondary N) is 1. The number of piperazine rings is 1. The second kappa shape index (κ2) is 7.85. The number of rotatable bonds is 2. The van der Waals surface area contributed by atoms with E-state index in [0.29, 0.717) is 0 Å². The van der Waals surface area contributed by atoms with Crippen molar-refractivity contribution in [2.24, 2.45) is 0 Å². The van der Waals surface area contributed by atoms with Crippen molar-refractivity contribution in [3.8, 4) is 0 Å². The number of nitrogens with zero attached hydrogens (tertiary/aromatic N) is 1. The molecule has 1 fully saturated rings. The molecule has 16 heavy (non-hydrogen) atoms. The third kappa shape index (κ3) is 4.66. The van der Waals surface area contributed by atoms with Crippen molar-refractivity contribution in [3.05, 3.63) is 35.6 Å². The Morgan fingerprint density at radius 1 is 1.19 bits per heavy atom. The lowest BCUT2D eigenvalue weighted by Crippen LogP contribution is -2.42. The lowest BCUT2D eigenvalue weighted by atomic mass is 10.2. The van der Waals surface area contributed by atoms with Crippen LogP contribution in [-0.2, 0) is 6.54 Å². The Kier molecular flexibility index (Phi) is 7.68.